The van der Waals surface area contributed by atoms with Crippen LogP contribution in [-0.2, 0) is 14.8 Å². The second-order valence-corrected chi connectivity index (χ2v) is 7.60. The number of rotatable bonds is 6. The summed E-state index contributed by atoms with van der Waals surface area (Å²) in [7, 11) is -2.08. The topological polar surface area (TPSA) is 55.4 Å². The molecule has 4 nitrogen and oxygen atoms in total. The highest BCUT2D eigenvalue weighted by Crippen LogP contribution is 2.25. The number of hydrogen-bond donors (Lipinski definition) is 1. The molecule has 1 N–H and O–H groups in total. The molecule has 0 aliphatic carbocycles. The van der Waals surface area contributed by atoms with Crippen LogP contribution in [0.15, 0.2) is 32.0 Å². The molecule has 0 saturated heterocycles. The van der Waals surface area contributed by atoms with Crippen molar-refractivity contribution in [1.29, 1.82) is 0 Å². The molecular weight excluding hydrogens is 409 g/mol. The Kier molecular flexibility index (Phi) is 6.57. The van der Waals surface area contributed by atoms with Crippen molar-refractivity contribution in [1.82, 2.24) is 4.72 Å². The smallest absolute Gasteiger partial charge is 0.241 e. The maximum absolute atomic E-state index is 12.1. The largest absolute Gasteiger partial charge is 0.383 e. The molecule has 0 spiro atoms. The number of nitrogens with one attached hydrogen (secondary N) is 1. The molecule has 1 aromatic carbocycles. The molecule has 0 amide bonds. The van der Waals surface area contributed by atoms with Crippen LogP contribution in [0.3, 0.4) is 0 Å². The molecule has 1 rings (SSSR count). The second-order valence-electron chi connectivity index (χ2n) is 3.48. The molecule has 0 fully saturated rings. The van der Waals surface area contributed by atoms with Crippen molar-refractivity contribution in [3.05, 3.63) is 27.1 Å². The van der Waals surface area contributed by atoms with Crippen LogP contribution in [0.25, 0.3) is 0 Å². The number of ether oxygens (including phenoxy) is 1. The molecule has 102 valence electrons. The van der Waals surface area contributed by atoms with Crippen LogP contribution in [0.5, 0.6) is 0 Å². The highest BCUT2D eigenvalue weighted by molar-refractivity contribution is 9.11. The van der Waals surface area contributed by atoms with Crippen LogP contribution in [-0.4, -0.2) is 34.1 Å². The third-order valence-corrected chi connectivity index (χ3v) is 5.22. The van der Waals surface area contributed by atoms with E-state index in [1.807, 2.05) is 0 Å². The standard InChI is InChI=1S/C10H12Br2ClNO3S/c1-17-6-8(13)5-14-18(15,16)10-4-7(11)2-3-9(10)12/h2-4,8,14H,5-6H2,1H3. The van der Waals surface area contributed by atoms with Gasteiger partial charge in [-0.1, -0.05) is 15.9 Å². The fraction of sp³-hybridized carbons (Fsp3) is 0.400. The third kappa shape index (κ3) is 4.79. The lowest BCUT2D eigenvalue weighted by Gasteiger charge is -2.11. The Labute approximate surface area is 128 Å². The Morgan fingerprint density at radius 1 is 1.44 bits per heavy atom. The normalized spacial score (nSPS) is 13.6. The fourth-order valence-electron chi connectivity index (χ4n) is 1.20. The average molecular weight is 422 g/mol. The van der Waals surface area contributed by atoms with Gasteiger partial charge in [0.05, 0.1) is 16.9 Å². The van der Waals surface area contributed by atoms with E-state index in [0.29, 0.717) is 8.95 Å². The molecule has 0 aliphatic heterocycles. The van der Waals surface area contributed by atoms with Crippen molar-refractivity contribution in [2.75, 3.05) is 20.3 Å². The molecule has 1 unspecified atom stereocenters. The molecular formula is C10H12Br2ClNO3S. The fourth-order valence-corrected chi connectivity index (χ4v) is 4.08. The van der Waals surface area contributed by atoms with Gasteiger partial charge < -0.3 is 4.74 Å². The number of methoxy groups -OCH3 is 1. The van der Waals surface area contributed by atoms with Crippen molar-refractivity contribution in [2.45, 2.75) is 10.3 Å². The first-order chi connectivity index (χ1) is 8.36. The molecule has 1 aromatic rings. The summed E-state index contributed by atoms with van der Waals surface area (Å²) in [6.45, 7) is 0.389. The van der Waals surface area contributed by atoms with E-state index in [1.165, 1.54) is 13.2 Å². The van der Waals surface area contributed by atoms with Crippen LogP contribution in [0.2, 0.25) is 0 Å². The summed E-state index contributed by atoms with van der Waals surface area (Å²) in [6, 6.07) is 4.93. The van der Waals surface area contributed by atoms with Gasteiger partial charge >= 0.3 is 0 Å². The summed E-state index contributed by atoms with van der Waals surface area (Å²) in [6.07, 6.45) is 0. The Morgan fingerprint density at radius 2 is 2.11 bits per heavy atom. The Hall–Kier alpha value is 0.340. The van der Waals surface area contributed by atoms with Gasteiger partial charge in [0.15, 0.2) is 0 Å². The van der Waals surface area contributed by atoms with Gasteiger partial charge in [0.2, 0.25) is 10.0 Å². The van der Waals surface area contributed by atoms with Crippen LogP contribution in [0.1, 0.15) is 0 Å². The zero-order chi connectivity index (χ0) is 13.8. The van der Waals surface area contributed by atoms with E-state index in [0.717, 1.165) is 0 Å². The predicted molar refractivity (Wildman–Crippen MR) is 78.5 cm³/mol. The first-order valence-corrected chi connectivity index (χ1v) is 8.45. The van der Waals surface area contributed by atoms with E-state index in [2.05, 4.69) is 36.6 Å². The zero-order valence-corrected chi connectivity index (χ0v) is 14.2. The number of sulfonamides is 1. The van der Waals surface area contributed by atoms with Crippen molar-refractivity contribution < 1.29 is 13.2 Å². The van der Waals surface area contributed by atoms with E-state index in [-0.39, 0.29) is 18.0 Å². The van der Waals surface area contributed by atoms with Crippen LogP contribution < -0.4 is 4.72 Å². The number of alkyl halides is 1. The Bertz CT molecular complexity index is 510. The monoisotopic (exact) mass is 419 g/mol. The number of hydrogen-bond acceptors (Lipinski definition) is 3. The van der Waals surface area contributed by atoms with E-state index >= 15 is 0 Å². The first-order valence-electron chi connectivity index (χ1n) is 4.94. The number of benzene rings is 1. The van der Waals surface area contributed by atoms with Crippen molar-refractivity contribution in [2.24, 2.45) is 0 Å². The predicted octanol–water partition coefficient (Wildman–Crippen LogP) is 2.74. The lowest BCUT2D eigenvalue weighted by Crippen LogP contribution is -2.31. The Balaban J connectivity index is 2.83. The minimum atomic E-state index is -3.59. The SMILES string of the molecule is COCC(Cl)CNS(=O)(=O)c1cc(Br)ccc1Br. The lowest BCUT2D eigenvalue weighted by molar-refractivity contribution is 0.198. The van der Waals surface area contributed by atoms with Crippen LogP contribution in [0, 0.1) is 0 Å². The summed E-state index contributed by atoms with van der Waals surface area (Å²) < 4.78 is 32.6. The first kappa shape index (κ1) is 16.4. The molecule has 8 heteroatoms. The highest BCUT2D eigenvalue weighted by Gasteiger charge is 2.19. The molecule has 0 aliphatic rings. The molecule has 0 radical (unpaired) electrons. The molecule has 0 heterocycles. The van der Waals surface area contributed by atoms with Gasteiger partial charge in [0, 0.05) is 22.6 Å². The van der Waals surface area contributed by atoms with Gasteiger partial charge in [-0.3, -0.25) is 0 Å². The van der Waals surface area contributed by atoms with Gasteiger partial charge in [0.25, 0.3) is 0 Å². The molecule has 1 atom stereocenters. The maximum Gasteiger partial charge on any atom is 0.241 e. The van der Waals surface area contributed by atoms with Crippen molar-refractivity contribution in [3.63, 3.8) is 0 Å². The minimum absolute atomic E-state index is 0.108. The third-order valence-electron chi connectivity index (χ3n) is 2.03. The minimum Gasteiger partial charge on any atom is -0.383 e. The average Bonchev–Trinajstić information content (AvgIpc) is 2.30. The van der Waals surface area contributed by atoms with Gasteiger partial charge in [-0.05, 0) is 34.1 Å². The van der Waals surface area contributed by atoms with E-state index in [9.17, 15) is 8.42 Å². The van der Waals surface area contributed by atoms with E-state index in [1.54, 1.807) is 12.1 Å². The zero-order valence-electron chi connectivity index (χ0n) is 9.49. The summed E-state index contributed by atoms with van der Waals surface area (Å²) in [5, 5.41) is -0.407. The molecule has 0 bridgehead atoms. The number of halogens is 3. The lowest BCUT2D eigenvalue weighted by atomic mass is 10.4. The summed E-state index contributed by atoms with van der Waals surface area (Å²) >= 11 is 12.3. The van der Waals surface area contributed by atoms with Gasteiger partial charge in [0.1, 0.15) is 0 Å². The summed E-state index contributed by atoms with van der Waals surface area (Å²) in [5.41, 5.74) is 0. The Morgan fingerprint density at radius 3 is 2.72 bits per heavy atom. The quantitative estimate of drug-likeness (QED) is 0.719. The molecule has 18 heavy (non-hydrogen) atoms. The van der Waals surface area contributed by atoms with Crippen LogP contribution in [0.4, 0.5) is 0 Å². The summed E-state index contributed by atoms with van der Waals surface area (Å²) in [4.78, 5) is 0.165. The van der Waals surface area contributed by atoms with E-state index in [4.69, 9.17) is 16.3 Å². The second kappa shape index (κ2) is 7.21. The van der Waals surface area contributed by atoms with Gasteiger partial charge in [-0.25, -0.2) is 13.1 Å². The highest BCUT2D eigenvalue weighted by atomic mass is 79.9. The van der Waals surface area contributed by atoms with E-state index < -0.39 is 15.4 Å². The van der Waals surface area contributed by atoms with Gasteiger partial charge in [-0.2, -0.15) is 0 Å². The molecule has 0 aromatic heterocycles. The van der Waals surface area contributed by atoms with Crippen molar-refractivity contribution >= 4 is 53.5 Å². The maximum atomic E-state index is 12.1. The molecule has 0 saturated carbocycles. The van der Waals surface area contributed by atoms with Gasteiger partial charge in [-0.15, -0.1) is 11.6 Å². The summed E-state index contributed by atoms with van der Waals surface area (Å²) in [5.74, 6) is 0. The van der Waals surface area contributed by atoms with Crippen molar-refractivity contribution in [3.8, 4) is 0 Å². The van der Waals surface area contributed by atoms with Crippen LogP contribution >= 0.6 is 43.5 Å².